The van der Waals surface area contributed by atoms with Crippen LogP contribution in [0.15, 0.2) is 14.3 Å². The molecule has 3 atom stereocenters. The van der Waals surface area contributed by atoms with E-state index in [1.807, 2.05) is 0 Å². The molecule has 5 heteroatoms. The molecule has 0 aromatic carbocycles. The van der Waals surface area contributed by atoms with Crippen molar-refractivity contribution in [3.05, 3.63) is 19.2 Å². The fourth-order valence-corrected chi connectivity index (χ4v) is 4.64. The molecule has 2 N–H and O–H groups in total. The lowest BCUT2D eigenvalue weighted by atomic mass is 10.0. The van der Waals surface area contributed by atoms with Crippen molar-refractivity contribution in [3.63, 3.8) is 0 Å². The molecule has 0 amide bonds. The summed E-state index contributed by atoms with van der Waals surface area (Å²) in [5.41, 5.74) is 5.97. The first-order valence-corrected chi connectivity index (χ1v) is 8.32. The predicted octanol–water partition coefficient (Wildman–Crippen LogP) is 3.86. The predicted molar refractivity (Wildman–Crippen MR) is 81.4 cm³/mol. The van der Waals surface area contributed by atoms with Crippen molar-refractivity contribution in [2.24, 2.45) is 17.6 Å². The molecule has 0 aliphatic carbocycles. The third kappa shape index (κ3) is 2.95. The fourth-order valence-electron chi connectivity index (χ4n) is 2.40. The molecule has 1 aliphatic rings. The van der Waals surface area contributed by atoms with E-state index in [1.54, 1.807) is 11.3 Å². The monoisotopic (exact) mass is 380 g/mol. The molecular formula is C12H18Br2N2S. The molecule has 1 aromatic rings. The van der Waals surface area contributed by atoms with E-state index >= 15 is 0 Å². The average Bonchev–Trinajstić information content (AvgIpc) is 2.75. The second-order valence-corrected chi connectivity index (χ2v) is 8.19. The molecule has 1 saturated heterocycles. The van der Waals surface area contributed by atoms with Crippen molar-refractivity contribution >= 4 is 43.2 Å². The van der Waals surface area contributed by atoms with Gasteiger partial charge in [-0.1, -0.05) is 13.8 Å². The fraction of sp³-hybridized carbons (Fsp3) is 0.667. The van der Waals surface area contributed by atoms with Gasteiger partial charge in [0.15, 0.2) is 0 Å². The molecule has 1 aromatic heterocycles. The van der Waals surface area contributed by atoms with Gasteiger partial charge in [-0.05, 0) is 49.8 Å². The van der Waals surface area contributed by atoms with E-state index in [-0.39, 0.29) is 0 Å². The molecule has 1 aliphatic heterocycles. The highest BCUT2D eigenvalue weighted by Gasteiger charge is 2.31. The zero-order valence-corrected chi connectivity index (χ0v) is 14.1. The third-order valence-electron chi connectivity index (χ3n) is 3.67. The molecule has 3 unspecified atom stereocenters. The van der Waals surface area contributed by atoms with Crippen LogP contribution in [0.1, 0.15) is 24.8 Å². The van der Waals surface area contributed by atoms with Crippen molar-refractivity contribution in [3.8, 4) is 0 Å². The van der Waals surface area contributed by atoms with Gasteiger partial charge >= 0.3 is 0 Å². The number of rotatable bonds is 3. The molecule has 2 heterocycles. The summed E-state index contributed by atoms with van der Waals surface area (Å²) < 4.78 is 2.29. The summed E-state index contributed by atoms with van der Waals surface area (Å²) in [4.78, 5) is 3.88. The van der Waals surface area contributed by atoms with E-state index in [1.165, 1.54) is 4.88 Å². The summed E-state index contributed by atoms with van der Waals surface area (Å²) in [6, 6.07) is 2.56. The van der Waals surface area contributed by atoms with Crippen LogP contribution in [0.4, 0.5) is 0 Å². The largest absolute Gasteiger partial charge is 0.329 e. The molecular weight excluding hydrogens is 364 g/mol. The van der Waals surface area contributed by atoms with E-state index in [0.717, 1.165) is 33.2 Å². The highest BCUT2D eigenvalue weighted by Crippen LogP contribution is 2.39. The Balaban J connectivity index is 2.17. The quantitative estimate of drug-likeness (QED) is 0.861. The zero-order valence-electron chi connectivity index (χ0n) is 10.1. The Labute approximate surface area is 124 Å². The van der Waals surface area contributed by atoms with Gasteiger partial charge in [0.05, 0.1) is 9.83 Å². The third-order valence-corrected chi connectivity index (χ3v) is 7.03. The van der Waals surface area contributed by atoms with E-state index in [2.05, 4.69) is 56.7 Å². The van der Waals surface area contributed by atoms with E-state index in [9.17, 15) is 0 Å². The van der Waals surface area contributed by atoms with Crippen molar-refractivity contribution in [1.82, 2.24) is 4.90 Å². The second-order valence-electron chi connectivity index (χ2n) is 4.93. The van der Waals surface area contributed by atoms with Gasteiger partial charge in [-0.15, -0.1) is 11.3 Å². The molecule has 0 spiro atoms. The molecule has 2 nitrogen and oxygen atoms in total. The summed E-state index contributed by atoms with van der Waals surface area (Å²) in [6.07, 6.45) is 0. The minimum absolute atomic E-state index is 0.370. The summed E-state index contributed by atoms with van der Waals surface area (Å²) in [6.45, 7) is 7.68. The van der Waals surface area contributed by atoms with Gasteiger partial charge in [-0.25, -0.2) is 0 Å². The first-order valence-electron chi connectivity index (χ1n) is 5.91. The van der Waals surface area contributed by atoms with Crippen LogP contribution in [-0.4, -0.2) is 24.5 Å². The molecule has 0 radical (unpaired) electrons. The summed E-state index contributed by atoms with van der Waals surface area (Å²) in [5, 5.41) is 0. The van der Waals surface area contributed by atoms with Gasteiger partial charge in [-0.2, -0.15) is 0 Å². The lowest BCUT2D eigenvalue weighted by molar-refractivity contribution is 0.243. The Kier molecular flexibility index (Phi) is 4.69. The van der Waals surface area contributed by atoms with Gasteiger partial charge in [0.2, 0.25) is 0 Å². The number of hydrogen-bond donors (Lipinski definition) is 1. The van der Waals surface area contributed by atoms with Crippen molar-refractivity contribution in [1.29, 1.82) is 0 Å². The van der Waals surface area contributed by atoms with E-state index in [0.29, 0.717) is 12.6 Å². The first-order chi connectivity index (χ1) is 8.02. The van der Waals surface area contributed by atoms with E-state index < -0.39 is 0 Å². The smallest absolute Gasteiger partial charge is 0.0843 e. The zero-order chi connectivity index (χ0) is 12.6. The van der Waals surface area contributed by atoms with Crippen LogP contribution >= 0.6 is 43.2 Å². The molecule has 0 saturated carbocycles. The summed E-state index contributed by atoms with van der Waals surface area (Å²) >= 11 is 8.89. The molecule has 1 fully saturated rings. The van der Waals surface area contributed by atoms with Crippen LogP contribution in [0.3, 0.4) is 0 Å². The number of halogens is 2. The Morgan fingerprint density at radius 1 is 1.41 bits per heavy atom. The van der Waals surface area contributed by atoms with Gasteiger partial charge in [0, 0.05) is 29.0 Å². The van der Waals surface area contributed by atoms with Gasteiger partial charge in [0.1, 0.15) is 0 Å². The maximum atomic E-state index is 5.97. The standard InChI is InChI=1S/C12H18Br2N2S/c1-7-5-16(6-8(7)2)10(4-15)11-3-9(13)12(14)17-11/h3,7-8,10H,4-6,15H2,1-2H3. The lowest BCUT2D eigenvalue weighted by Crippen LogP contribution is -2.31. The topological polar surface area (TPSA) is 29.3 Å². The van der Waals surface area contributed by atoms with Gasteiger partial charge in [-0.3, -0.25) is 4.90 Å². The van der Waals surface area contributed by atoms with Crippen molar-refractivity contribution < 1.29 is 0 Å². The van der Waals surface area contributed by atoms with Crippen molar-refractivity contribution in [2.75, 3.05) is 19.6 Å². The molecule has 2 rings (SSSR count). The van der Waals surface area contributed by atoms with E-state index in [4.69, 9.17) is 5.73 Å². The van der Waals surface area contributed by atoms with Crippen LogP contribution in [0.25, 0.3) is 0 Å². The minimum atomic E-state index is 0.370. The Bertz CT molecular complexity index is 364. The van der Waals surface area contributed by atoms with Crippen LogP contribution in [0, 0.1) is 11.8 Å². The maximum absolute atomic E-state index is 5.97. The Morgan fingerprint density at radius 3 is 2.41 bits per heavy atom. The minimum Gasteiger partial charge on any atom is -0.329 e. The van der Waals surface area contributed by atoms with Gasteiger partial charge < -0.3 is 5.73 Å². The van der Waals surface area contributed by atoms with Crippen LogP contribution in [-0.2, 0) is 0 Å². The van der Waals surface area contributed by atoms with Crippen LogP contribution < -0.4 is 5.73 Å². The molecule has 96 valence electrons. The number of nitrogens with two attached hydrogens (primary N) is 1. The number of thiophene rings is 1. The van der Waals surface area contributed by atoms with Crippen molar-refractivity contribution in [2.45, 2.75) is 19.9 Å². The molecule has 0 bridgehead atoms. The maximum Gasteiger partial charge on any atom is 0.0843 e. The van der Waals surface area contributed by atoms with Crippen LogP contribution in [0.5, 0.6) is 0 Å². The molecule has 17 heavy (non-hydrogen) atoms. The average molecular weight is 382 g/mol. The SMILES string of the molecule is CC1CN(C(CN)c2cc(Br)c(Br)s2)CC1C. The van der Waals surface area contributed by atoms with Gasteiger partial charge in [0.25, 0.3) is 0 Å². The highest BCUT2D eigenvalue weighted by atomic mass is 79.9. The highest BCUT2D eigenvalue weighted by molar-refractivity contribution is 9.13. The second kappa shape index (κ2) is 5.70. The first kappa shape index (κ1) is 14.0. The lowest BCUT2D eigenvalue weighted by Gasteiger charge is -2.25. The number of nitrogens with zero attached hydrogens (tertiary/aromatic N) is 1. The van der Waals surface area contributed by atoms with Crippen LogP contribution in [0.2, 0.25) is 0 Å². The summed E-state index contributed by atoms with van der Waals surface area (Å²) in [5.74, 6) is 1.55. The number of likely N-dealkylation sites (tertiary alicyclic amines) is 1. The normalized spacial score (nSPS) is 27.6. The Morgan fingerprint density at radius 2 is 2.00 bits per heavy atom. The Hall–Kier alpha value is 0.580. The summed E-state index contributed by atoms with van der Waals surface area (Å²) in [7, 11) is 0. The number of hydrogen-bond acceptors (Lipinski definition) is 3.